The van der Waals surface area contributed by atoms with Gasteiger partial charge in [-0.1, -0.05) is 12.1 Å². The number of thiophene rings is 1. The van der Waals surface area contributed by atoms with Gasteiger partial charge in [0.05, 0.1) is 5.56 Å². The Bertz CT molecular complexity index is 728. The summed E-state index contributed by atoms with van der Waals surface area (Å²) in [6, 6.07) is 7.32. The Labute approximate surface area is 134 Å². The van der Waals surface area contributed by atoms with Crippen molar-refractivity contribution in [1.29, 1.82) is 0 Å². The van der Waals surface area contributed by atoms with Gasteiger partial charge in [0.2, 0.25) is 5.78 Å². The first-order valence-corrected chi connectivity index (χ1v) is 8.00. The van der Waals surface area contributed by atoms with E-state index in [4.69, 9.17) is 4.74 Å². The number of carbonyl (C=O) groups excluding carboxylic acids is 2. The largest absolute Gasteiger partial charge is 0.451 e. The van der Waals surface area contributed by atoms with Gasteiger partial charge < -0.3 is 4.74 Å². The minimum Gasteiger partial charge on any atom is -0.451 e. The number of hydrogen-bond acceptors (Lipinski definition) is 4. The summed E-state index contributed by atoms with van der Waals surface area (Å²) in [5, 5.41) is 0. The van der Waals surface area contributed by atoms with E-state index in [-0.39, 0.29) is 5.78 Å². The van der Waals surface area contributed by atoms with E-state index < -0.39 is 12.1 Å². The lowest BCUT2D eigenvalue weighted by Gasteiger charge is -2.13. The highest BCUT2D eigenvalue weighted by atomic mass is 32.1. The summed E-state index contributed by atoms with van der Waals surface area (Å²) < 4.78 is 5.34. The molecular formula is C18H20O3S. The second kappa shape index (κ2) is 6.44. The molecule has 0 unspecified atom stereocenters. The van der Waals surface area contributed by atoms with Crippen LogP contribution in [0.15, 0.2) is 24.3 Å². The zero-order valence-electron chi connectivity index (χ0n) is 13.5. The second-order valence-electron chi connectivity index (χ2n) is 5.54. The third-order valence-electron chi connectivity index (χ3n) is 3.71. The first kappa shape index (κ1) is 16.4. The Morgan fingerprint density at radius 3 is 2.27 bits per heavy atom. The van der Waals surface area contributed by atoms with Crippen molar-refractivity contribution < 1.29 is 14.3 Å². The molecule has 0 aliphatic heterocycles. The highest BCUT2D eigenvalue weighted by Gasteiger charge is 2.22. The van der Waals surface area contributed by atoms with Gasteiger partial charge in [0.15, 0.2) is 6.10 Å². The molecule has 1 heterocycles. The molecule has 0 saturated carbocycles. The predicted octanol–water partition coefficient (Wildman–Crippen LogP) is 4.41. The highest BCUT2D eigenvalue weighted by molar-refractivity contribution is 7.12. The molecule has 2 aromatic rings. The van der Waals surface area contributed by atoms with Crippen molar-refractivity contribution in [3.05, 3.63) is 56.3 Å². The number of ketones is 1. The van der Waals surface area contributed by atoms with E-state index in [0.717, 1.165) is 20.9 Å². The van der Waals surface area contributed by atoms with Crippen LogP contribution in [0.3, 0.4) is 0 Å². The van der Waals surface area contributed by atoms with E-state index in [9.17, 15) is 9.59 Å². The maximum atomic E-state index is 12.4. The average Bonchev–Trinajstić information content (AvgIpc) is 2.80. The molecule has 2 rings (SSSR count). The smallest absolute Gasteiger partial charge is 0.339 e. The van der Waals surface area contributed by atoms with E-state index in [0.29, 0.717) is 11.1 Å². The molecule has 0 bridgehead atoms. The third kappa shape index (κ3) is 3.45. The van der Waals surface area contributed by atoms with E-state index in [2.05, 4.69) is 0 Å². The molecule has 0 amide bonds. The third-order valence-corrected chi connectivity index (χ3v) is 4.67. The number of ether oxygens (including phenoxy) is 1. The lowest BCUT2D eigenvalue weighted by molar-refractivity contribution is 0.0318. The summed E-state index contributed by atoms with van der Waals surface area (Å²) in [7, 11) is 0. The van der Waals surface area contributed by atoms with Crippen LogP contribution in [-0.2, 0) is 4.74 Å². The summed E-state index contributed by atoms with van der Waals surface area (Å²) >= 11 is 1.55. The molecule has 1 aromatic heterocycles. The zero-order chi connectivity index (χ0) is 16.4. The van der Waals surface area contributed by atoms with Gasteiger partial charge in [0, 0.05) is 15.3 Å². The van der Waals surface area contributed by atoms with Crippen LogP contribution in [0.5, 0.6) is 0 Å². The van der Waals surface area contributed by atoms with Gasteiger partial charge in [-0.05, 0) is 57.9 Å². The van der Waals surface area contributed by atoms with E-state index in [1.807, 2.05) is 39.8 Å². The molecule has 0 radical (unpaired) electrons. The molecular weight excluding hydrogens is 296 g/mol. The van der Waals surface area contributed by atoms with Gasteiger partial charge in [-0.25, -0.2) is 4.79 Å². The quantitative estimate of drug-likeness (QED) is 0.620. The molecule has 0 spiro atoms. The van der Waals surface area contributed by atoms with Crippen LogP contribution in [0.25, 0.3) is 0 Å². The average molecular weight is 316 g/mol. The van der Waals surface area contributed by atoms with Gasteiger partial charge in [-0.2, -0.15) is 0 Å². The Balaban J connectivity index is 2.12. The number of Topliss-reactive ketones (excluding diaryl/α,β-unsaturated/α-hetero) is 1. The molecule has 22 heavy (non-hydrogen) atoms. The predicted molar refractivity (Wildman–Crippen MR) is 88.9 cm³/mol. The standard InChI is InChI=1S/C18H20O3S/c1-10-6-7-15(8-11(10)2)17(19)13(4)21-18(20)16-9-12(3)22-14(16)5/h6-9,13H,1-5H3/t13-/m1/s1. The number of rotatable bonds is 4. The fraction of sp³-hybridized carbons (Fsp3) is 0.333. The number of carbonyl (C=O) groups is 2. The molecule has 0 fully saturated rings. The van der Waals surface area contributed by atoms with Crippen LogP contribution in [0.4, 0.5) is 0 Å². The minimum atomic E-state index is -0.797. The van der Waals surface area contributed by atoms with Crippen LogP contribution in [-0.4, -0.2) is 17.9 Å². The summed E-state index contributed by atoms with van der Waals surface area (Å²) in [5.74, 6) is -0.618. The van der Waals surface area contributed by atoms with Gasteiger partial charge in [-0.3, -0.25) is 4.79 Å². The lowest BCUT2D eigenvalue weighted by Crippen LogP contribution is -2.24. The van der Waals surface area contributed by atoms with Crippen LogP contribution in [0, 0.1) is 27.7 Å². The Morgan fingerprint density at radius 2 is 1.73 bits per heavy atom. The molecule has 0 N–H and O–H groups in total. The molecule has 0 aliphatic carbocycles. The summed E-state index contributed by atoms with van der Waals surface area (Å²) in [6.07, 6.45) is -0.797. The van der Waals surface area contributed by atoms with Gasteiger partial charge in [0.1, 0.15) is 0 Å². The number of esters is 1. The molecule has 1 atom stereocenters. The number of aryl methyl sites for hydroxylation is 4. The minimum absolute atomic E-state index is 0.180. The van der Waals surface area contributed by atoms with Crippen molar-refractivity contribution >= 4 is 23.1 Å². The fourth-order valence-electron chi connectivity index (χ4n) is 2.24. The van der Waals surface area contributed by atoms with Crippen LogP contribution in [0.2, 0.25) is 0 Å². The first-order chi connectivity index (χ1) is 10.3. The van der Waals surface area contributed by atoms with E-state index in [1.165, 1.54) is 0 Å². The lowest BCUT2D eigenvalue weighted by atomic mass is 10.0. The highest BCUT2D eigenvalue weighted by Crippen LogP contribution is 2.22. The first-order valence-electron chi connectivity index (χ1n) is 7.19. The molecule has 3 nitrogen and oxygen atoms in total. The SMILES string of the molecule is Cc1cc(C(=O)O[C@H](C)C(=O)c2ccc(C)c(C)c2)c(C)s1. The summed E-state index contributed by atoms with van der Waals surface area (Å²) in [6.45, 7) is 9.39. The van der Waals surface area contributed by atoms with Crippen LogP contribution >= 0.6 is 11.3 Å². The van der Waals surface area contributed by atoms with Crippen molar-refractivity contribution in [2.75, 3.05) is 0 Å². The monoisotopic (exact) mass is 316 g/mol. The topological polar surface area (TPSA) is 43.4 Å². The Hall–Kier alpha value is -1.94. The maximum absolute atomic E-state index is 12.4. The van der Waals surface area contributed by atoms with Crippen LogP contribution in [0.1, 0.15) is 48.5 Å². The summed E-state index contributed by atoms with van der Waals surface area (Å²) in [4.78, 5) is 26.5. The van der Waals surface area contributed by atoms with E-state index in [1.54, 1.807) is 30.4 Å². The molecule has 4 heteroatoms. The van der Waals surface area contributed by atoms with Gasteiger partial charge in [-0.15, -0.1) is 11.3 Å². The van der Waals surface area contributed by atoms with Crippen molar-refractivity contribution in [2.24, 2.45) is 0 Å². The Morgan fingerprint density at radius 1 is 1.05 bits per heavy atom. The van der Waals surface area contributed by atoms with Crippen molar-refractivity contribution in [2.45, 2.75) is 40.7 Å². The van der Waals surface area contributed by atoms with Crippen molar-refractivity contribution in [1.82, 2.24) is 0 Å². The maximum Gasteiger partial charge on any atom is 0.339 e. The van der Waals surface area contributed by atoms with Crippen LogP contribution < -0.4 is 0 Å². The molecule has 116 valence electrons. The molecule has 1 aromatic carbocycles. The van der Waals surface area contributed by atoms with Crippen molar-refractivity contribution in [3.63, 3.8) is 0 Å². The van der Waals surface area contributed by atoms with Gasteiger partial charge in [0.25, 0.3) is 0 Å². The molecule has 0 aliphatic rings. The van der Waals surface area contributed by atoms with Gasteiger partial charge >= 0.3 is 5.97 Å². The van der Waals surface area contributed by atoms with Crippen molar-refractivity contribution in [3.8, 4) is 0 Å². The Kier molecular flexibility index (Phi) is 4.81. The molecule has 0 saturated heterocycles. The van der Waals surface area contributed by atoms with E-state index >= 15 is 0 Å². The fourth-order valence-corrected chi connectivity index (χ4v) is 3.15. The zero-order valence-corrected chi connectivity index (χ0v) is 14.3. The normalized spacial score (nSPS) is 12.0. The summed E-state index contributed by atoms with van der Waals surface area (Å²) in [5.41, 5.74) is 3.29. The second-order valence-corrected chi connectivity index (χ2v) is 7.00. The number of benzene rings is 1. The number of hydrogen-bond donors (Lipinski definition) is 0.